The van der Waals surface area contributed by atoms with E-state index in [1.807, 2.05) is 7.05 Å². The number of likely N-dealkylation sites (tertiary alicyclic amines) is 1. The maximum atomic E-state index is 13.0. The van der Waals surface area contributed by atoms with E-state index in [-0.39, 0.29) is 11.7 Å². The first-order valence-corrected chi connectivity index (χ1v) is 6.88. The molecule has 1 saturated heterocycles. The third-order valence-corrected chi connectivity index (χ3v) is 3.80. The van der Waals surface area contributed by atoms with E-state index in [1.54, 1.807) is 0 Å². The SMILES string of the molecule is CN1CCC(NC(=O)c2c(C(F)(F)F)ccc(N)c2O)CC1. The Morgan fingerprint density at radius 1 is 1.36 bits per heavy atom. The minimum atomic E-state index is -4.75. The molecular weight excluding hydrogens is 299 g/mol. The molecule has 5 nitrogen and oxygen atoms in total. The Bertz CT molecular complexity index is 567. The highest BCUT2D eigenvalue weighted by molar-refractivity contribution is 6.00. The molecule has 2 rings (SSSR count). The first-order valence-electron chi connectivity index (χ1n) is 6.88. The van der Waals surface area contributed by atoms with Crippen LogP contribution in [0.1, 0.15) is 28.8 Å². The van der Waals surface area contributed by atoms with Gasteiger partial charge in [0.25, 0.3) is 5.91 Å². The number of piperidine rings is 1. The summed E-state index contributed by atoms with van der Waals surface area (Å²) in [5.41, 5.74) is 3.15. The summed E-state index contributed by atoms with van der Waals surface area (Å²) in [5, 5.41) is 12.3. The number of alkyl halides is 3. The van der Waals surface area contributed by atoms with Gasteiger partial charge in [-0.05, 0) is 45.1 Å². The van der Waals surface area contributed by atoms with Gasteiger partial charge < -0.3 is 21.1 Å². The largest absolute Gasteiger partial charge is 0.505 e. The number of carbonyl (C=O) groups is 1. The van der Waals surface area contributed by atoms with Crippen molar-refractivity contribution < 1.29 is 23.1 Å². The fourth-order valence-electron chi connectivity index (χ4n) is 2.48. The average Bonchev–Trinajstić information content (AvgIpc) is 2.42. The number of rotatable bonds is 2. The van der Waals surface area contributed by atoms with Crippen LogP contribution in [-0.4, -0.2) is 42.1 Å². The first kappa shape index (κ1) is 16.4. The molecule has 4 N–H and O–H groups in total. The number of halogens is 3. The Balaban J connectivity index is 2.27. The van der Waals surface area contributed by atoms with Crippen LogP contribution in [0.3, 0.4) is 0 Å². The van der Waals surface area contributed by atoms with Crippen molar-refractivity contribution in [3.63, 3.8) is 0 Å². The van der Waals surface area contributed by atoms with E-state index in [0.29, 0.717) is 18.9 Å². The molecule has 1 amide bonds. The lowest BCUT2D eigenvalue weighted by atomic mass is 10.0. The van der Waals surface area contributed by atoms with Gasteiger partial charge in [-0.15, -0.1) is 0 Å². The molecule has 0 radical (unpaired) electrons. The second kappa shape index (κ2) is 6.04. The van der Waals surface area contributed by atoms with Crippen molar-refractivity contribution in [1.29, 1.82) is 0 Å². The molecule has 0 spiro atoms. The second-order valence-corrected chi connectivity index (χ2v) is 5.47. The van der Waals surface area contributed by atoms with E-state index >= 15 is 0 Å². The molecule has 122 valence electrons. The maximum Gasteiger partial charge on any atom is 0.417 e. The van der Waals surface area contributed by atoms with Gasteiger partial charge in [0.05, 0.1) is 16.8 Å². The number of nitrogens with one attached hydrogen (secondary N) is 1. The zero-order chi connectivity index (χ0) is 16.5. The van der Waals surface area contributed by atoms with Crippen molar-refractivity contribution >= 4 is 11.6 Å². The highest BCUT2D eigenvalue weighted by atomic mass is 19.4. The van der Waals surface area contributed by atoms with Crippen molar-refractivity contribution in [2.45, 2.75) is 25.1 Å². The molecule has 8 heteroatoms. The lowest BCUT2D eigenvalue weighted by molar-refractivity contribution is -0.138. The van der Waals surface area contributed by atoms with Crippen LogP contribution in [0.25, 0.3) is 0 Å². The number of carbonyl (C=O) groups excluding carboxylic acids is 1. The molecule has 1 aromatic carbocycles. The van der Waals surface area contributed by atoms with Crippen LogP contribution in [0.15, 0.2) is 12.1 Å². The second-order valence-electron chi connectivity index (χ2n) is 5.47. The molecule has 0 saturated carbocycles. The zero-order valence-electron chi connectivity index (χ0n) is 12.1. The minimum Gasteiger partial charge on any atom is -0.505 e. The molecule has 1 aliphatic rings. The van der Waals surface area contributed by atoms with Crippen molar-refractivity contribution in [3.05, 3.63) is 23.3 Å². The number of benzene rings is 1. The lowest BCUT2D eigenvalue weighted by Gasteiger charge is -2.29. The number of nitrogen functional groups attached to an aromatic ring is 1. The number of hydrogen-bond acceptors (Lipinski definition) is 4. The predicted molar refractivity (Wildman–Crippen MR) is 75.5 cm³/mol. The molecule has 0 atom stereocenters. The summed E-state index contributed by atoms with van der Waals surface area (Å²) >= 11 is 0. The van der Waals surface area contributed by atoms with Gasteiger partial charge in [0.15, 0.2) is 5.75 Å². The highest BCUT2D eigenvalue weighted by Gasteiger charge is 2.37. The van der Waals surface area contributed by atoms with Crippen molar-refractivity contribution in [2.24, 2.45) is 0 Å². The van der Waals surface area contributed by atoms with Crippen LogP contribution in [-0.2, 0) is 6.18 Å². The fraction of sp³-hybridized carbons (Fsp3) is 0.500. The third-order valence-electron chi connectivity index (χ3n) is 3.80. The normalized spacial score (nSPS) is 17.5. The van der Waals surface area contributed by atoms with Gasteiger partial charge in [0.1, 0.15) is 0 Å². The zero-order valence-corrected chi connectivity index (χ0v) is 12.1. The number of nitrogens with two attached hydrogens (primary N) is 1. The van der Waals surface area contributed by atoms with Crippen LogP contribution >= 0.6 is 0 Å². The number of anilines is 1. The van der Waals surface area contributed by atoms with E-state index < -0.39 is 29.0 Å². The summed E-state index contributed by atoms with van der Waals surface area (Å²) in [4.78, 5) is 14.3. The van der Waals surface area contributed by atoms with Crippen LogP contribution in [0, 0.1) is 0 Å². The smallest absolute Gasteiger partial charge is 0.417 e. The third kappa shape index (κ3) is 3.44. The van der Waals surface area contributed by atoms with Crippen LogP contribution in [0.5, 0.6) is 5.75 Å². The number of phenolic OH excluding ortho intramolecular Hbond substituents is 1. The number of hydrogen-bond donors (Lipinski definition) is 3. The summed E-state index contributed by atoms with van der Waals surface area (Å²) in [5.74, 6) is -1.79. The molecule has 1 aromatic rings. The highest BCUT2D eigenvalue weighted by Crippen LogP contribution is 2.38. The molecular formula is C14H18F3N3O2. The Kier molecular flexibility index (Phi) is 4.50. The van der Waals surface area contributed by atoms with Crippen molar-refractivity contribution in [3.8, 4) is 5.75 Å². The monoisotopic (exact) mass is 317 g/mol. The van der Waals surface area contributed by atoms with E-state index in [0.717, 1.165) is 19.2 Å². The molecule has 0 unspecified atom stereocenters. The summed E-state index contributed by atoms with van der Waals surface area (Å²) in [6.45, 7) is 1.50. The summed E-state index contributed by atoms with van der Waals surface area (Å²) < 4.78 is 39.0. The van der Waals surface area contributed by atoms with Gasteiger partial charge >= 0.3 is 6.18 Å². The lowest BCUT2D eigenvalue weighted by Crippen LogP contribution is -2.43. The van der Waals surface area contributed by atoms with Gasteiger partial charge in [-0.25, -0.2) is 0 Å². The standard InChI is InChI=1S/C14H18F3N3O2/c1-20-6-4-8(5-7-20)19-13(22)11-9(14(15,16)17)2-3-10(18)12(11)21/h2-3,8,21H,4-7,18H2,1H3,(H,19,22). The summed E-state index contributed by atoms with van der Waals surface area (Å²) in [6.07, 6.45) is -3.45. The van der Waals surface area contributed by atoms with E-state index in [4.69, 9.17) is 5.73 Å². The molecule has 0 bridgehead atoms. The van der Waals surface area contributed by atoms with Gasteiger partial charge in [0.2, 0.25) is 0 Å². The van der Waals surface area contributed by atoms with Crippen molar-refractivity contribution in [2.75, 3.05) is 25.9 Å². The van der Waals surface area contributed by atoms with Crippen molar-refractivity contribution in [1.82, 2.24) is 10.2 Å². The Hall–Kier alpha value is -1.96. The number of nitrogens with zero attached hydrogens (tertiary/aromatic N) is 1. The van der Waals surface area contributed by atoms with Crippen LogP contribution < -0.4 is 11.1 Å². The average molecular weight is 317 g/mol. The summed E-state index contributed by atoms with van der Waals surface area (Å²) in [7, 11) is 1.93. The quantitative estimate of drug-likeness (QED) is 0.574. The number of amides is 1. The maximum absolute atomic E-state index is 13.0. The van der Waals surface area contributed by atoms with Crippen LogP contribution in [0.4, 0.5) is 18.9 Å². The summed E-state index contributed by atoms with van der Waals surface area (Å²) in [6, 6.07) is 1.42. The van der Waals surface area contributed by atoms with Crippen LogP contribution in [0.2, 0.25) is 0 Å². The van der Waals surface area contributed by atoms with Gasteiger partial charge in [0, 0.05) is 6.04 Å². The van der Waals surface area contributed by atoms with Gasteiger partial charge in [-0.2, -0.15) is 13.2 Å². The Labute approximate surface area is 125 Å². The molecule has 1 heterocycles. The van der Waals surface area contributed by atoms with Gasteiger partial charge in [-0.1, -0.05) is 0 Å². The van der Waals surface area contributed by atoms with E-state index in [1.165, 1.54) is 0 Å². The Morgan fingerprint density at radius 3 is 2.50 bits per heavy atom. The molecule has 22 heavy (non-hydrogen) atoms. The number of aromatic hydroxyl groups is 1. The minimum absolute atomic E-state index is 0.217. The topological polar surface area (TPSA) is 78.6 Å². The molecule has 0 aliphatic carbocycles. The van der Waals surface area contributed by atoms with Gasteiger partial charge in [-0.3, -0.25) is 4.79 Å². The van der Waals surface area contributed by atoms with E-state index in [9.17, 15) is 23.1 Å². The number of phenols is 1. The molecule has 1 aliphatic heterocycles. The fourth-order valence-corrected chi connectivity index (χ4v) is 2.48. The molecule has 0 aromatic heterocycles. The Morgan fingerprint density at radius 2 is 1.95 bits per heavy atom. The van der Waals surface area contributed by atoms with E-state index in [2.05, 4.69) is 10.2 Å². The predicted octanol–water partition coefficient (Wildman–Crippen LogP) is 1.82. The molecule has 1 fully saturated rings. The first-order chi connectivity index (χ1) is 10.2.